The normalized spacial score (nSPS) is 11.9. The average Bonchev–Trinajstić information content (AvgIpc) is 2.52. The van der Waals surface area contributed by atoms with Crippen LogP contribution in [0.15, 0.2) is 48.7 Å². The van der Waals surface area contributed by atoms with Gasteiger partial charge in [-0.05, 0) is 37.1 Å². The van der Waals surface area contributed by atoms with Gasteiger partial charge in [0.05, 0.1) is 18.8 Å². The van der Waals surface area contributed by atoms with E-state index in [1.807, 2.05) is 30.3 Å². The molecule has 0 unspecified atom stereocenters. The van der Waals surface area contributed by atoms with E-state index < -0.39 is 0 Å². The van der Waals surface area contributed by atoms with Crippen LogP contribution in [0.4, 0.5) is 0 Å². The summed E-state index contributed by atoms with van der Waals surface area (Å²) in [5, 5.41) is 6.10. The van der Waals surface area contributed by atoms with Crippen molar-refractivity contribution < 1.29 is 4.79 Å². The minimum atomic E-state index is -0.0268. The summed E-state index contributed by atoms with van der Waals surface area (Å²) >= 11 is 0. The zero-order valence-electron chi connectivity index (χ0n) is 12.5. The van der Waals surface area contributed by atoms with E-state index in [9.17, 15) is 4.79 Å². The van der Waals surface area contributed by atoms with Gasteiger partial charge < -0.3 is 10.6 Å². The Labute approximate surface area is 125 Å². The molecule has 1 aromatic heterocycles. The quantitative estimate of drug-likeness (QED) is 0.855. The first-order valence-electron chi connectivity index (χ1n) is 7.12. The molecular weight excluding hydrogens is 262 g/mol. The maximum absolute atomic E-state index is 11.8. The number of rotatable bonds is 6. The molecule has 21 heavy (non-hydrogen) atoms. The first kappa shape index (κ1) is 15.2. The SMILES string of the molecule is Cc1ccccc1[C@@H](C)NCC(=O)NCc1ccccn1. The minimum absolute atomic E-state index is 0.0268. The van der Waals surface area contributed by atoms with Gasteiger partial charge >= 0.3 is 0 Å². The van der Waals surface area contributed by atoms with Crippen molar-refractivity contribution in [2.75, 3.05) is 6.54 Å². The van der Waals surface area contributed by atoms with Gasteiger partial charge in [0.25, 0.3) is 0 Å². The van der Waals surface area contributed by atoms with Crippen LogP contribution >= 0.6 is 0 Å². The predicted octanol–water partition coefficient (Wildman–Crippen LogP) is 2.36. The summed E-state index contributed by atoms with van der Waals surface area (Å²) in [6.07, 6.45) is 1.72. The van der Waals surface area contributed by atoms with Crippen LogP contribution in [0.5, 0.6) is 0 Å². The lowest BCUT2D eigenvalue weighted by atomic mass is 10.0. The molecule has 0 aliphatic carbocycles. The number of carbonyl (C=O) groups excluding carboxylic acids is 1. The first-order chi connectivity index (χ1) is 10.2. The van der Waals surface area contributed by atoms with Crippen LogP contribution in [0.2, 0.25) is 0 Å². The summed E-state index contributed by atoms with van der Waals surface area (Å²) in [4.78, 5) is 16.0. The van der Waals surface area contributed by atoms with Crippen LogP contribution in [0.3, 0.4) is 0 Å². The van der Waals surface area contributed by atoms with Gasteiger partial charge in [-0.25, -0.2) is 0 Å². The Bertz CT molecular complexity index is 584. The Morgan fingerprint density at radius 2 is 1.95 bits per heavy atom. The molecule has 0 radical (unpaired) electrons. The van der Waals surface area contributed by atoms with E-state index in [1.165, 1.54) is 11.1 Å². The van der Waals surface area contributed by atoms with E-state index in [-0.39, 0.29) is 11.9 Å². The van der Waals surface area contributed by atoms with Crippen LogP contribution in [0, 0.1) is 6.92 Å². The van der Waals surface area contributed by atoms with Gasteiger partial charge in [0.1, 0.15) is 0 Å². The molecule has 2 N–H and O–H groups in total. The summed E-state index contributed by atoms with van der Waals surface area (Å²) in [5.74, 6) is -0.0268. The van der Waals surface area contributed by atoms with Gasteiger partial charge in [0.2, 0.25) is 5.91 Å². The fourth-order valence-corrected chi connectivity index (χ4v) is 2.18. The zero-order chi connectivity index (χ0) is 15.1. The largest absolute Gasteiger partial charge is 0.349 e. The predicted molar refractivity (Wildman–Crippen MR) is 83.7 cm³/mol. The second-order valence-electron chi connectivity index (χ2n) is 5.06. The van der Waals surface area contributed by atoms with E-state index in [0.717, 1.165) is 5.69 Å². The summed E-state index contributed by atoms with van der Waals surface area (Å²) < 4.78 is 0. The van der Waals surface area contributed by atoms with Crippen molar-refractivity contribution in [3.63, 3.8) is 0 Å². The lowest BCUT2D eigenvalue weighted by Gasteiger charge is -2.16. The standard InChI is InChI=1S/C17H21N3O/c1-13-7-3-4-9-16(13)14(2)19-12-17(21)20-11-15-8-5-6-10-18-15/h3-10,14,19H,11-12H2,1-2H3,(H,20,21)/t14-/m1/s1. The van der Waals surface area contributed by atoms with Gasteiger partial charge in [-0.1, -0.05) is 30.3 Å². The Morgan fingerprint density at radius 3 is 2.67 bits per heavy atom. The summed E-state index contributed by atoms with van der Waals surface area (Å²) in [7, 11) is 0. The Kier molecular flexibility index (Phi) is 5.46. The summed E-state index contributed by atoms with van der Waals surface area (Å²) in [6.45, 7) is 4.89. The van der Waals surface area contributed by atoms with E-state index >= 15 is 0 Å². The van der Waals surface area contributed by atoms with E-state index in [2.05, 4.69) is 41.6 Å². The number of nitrogens with zero attached hydrogens (tertiary/aromatic N) is 1. The summed E-state index contributed by atoms with van der Waals surface area (Å²) in [5.41, 5.74) is 3.30. The Balaban J connectivity index is 1.77. The second-order valence-corrected chi connectivity index (χ2v) is 5.06. The number of benzene rings is 1. The number of pyridine rings is 1. The summed E-state index contributed by atoms with van der Waals surface area (Å²) in [6, 6.07) is 14.0. The molecule has 110 valence electrons. The highest BCUT2D eigenvalue weighted by atomic mass is 16.1. The van der Waals surface area contributed by atoms with E-state index in [1.54, 1.807) is 6.20 Å². The number of amides is 1. The molecule has 2 aromatic rings. The van der Waals surface area contributed by atoms with Crippen molar-refractivity contribution in [2.45, 2.75) is 26.4 Å². The molecule has 2 rings (SSSR count). The van der Waals surface area contributed by atoms with E-state index in [0.29, 0.717) is 13.1 Å². The number of hydrogen-bond donors (Lipinski definition) is 2. The average molecular weight is 283 g/mol. The van der Waals surface area contributed by atoms with Gasteiger partial charge in [-0.3, -0.25) is 9.78 Å². The van der Waals surface area contributed by atoms with Crippen LogP contribution < -0.4 is 10.6 Å². The van der Waals surface area contributed by atoms with Crippen molar-refractivity contribution in [2.24, 2.45) is 0 Å². The lowest BCUT2D eigenvalue weighted by Crippen LogP contribution is -2.35. The minimum Gasteiger partial charge on any atom is -0.349 e. The molecule has 0 bridgehead atoms. The van der Waals surface area contributed by atoms with Crippen molar-refractivity contribution >= 4 is 5.91 Å². The Hall–Kier alpha value is -2.20. The Morgan fingerprint density at radius 1 is 1.19 bits per heavy atom. The van der Waals surface area contributed by atoms with Crippen LogP contribution in [-0.4, -0.2) is 17.4 Å². The molecular formula is C17H21N3O. The highest BCUT2D eigenvalue weighted by Gasteiger charge is 2.09. The molecule has 4 nitrogen and oxygen atoms in total. The van der Waals surface area contributed by atoms with Gasteiger partial charge in [0.15, 0.2) is 0 Å². The monoisotopic (exact) mass is 283 g/mol. The number of aromatic nitrogens is 1. The number of hydrogen-bond acceptors (Lipinski definition) is 3. The highest BCUT2D eigenvalue weighted by Crippen LogP contribution is 2.16. The second kappa shape index (κ2) is 7.55. The van der Waals surface area contributed by atoms with E-state index in [4.69, 9.17) is 0 Å². The topological polar surface area (TPSA) is 54.0 Å². The zero-order valence-corrected chi connectivity index (χ0v) is 12.5. The van der Waals surface area contributed by atoms with Gasteiger partial charge in [-0.15, -0.1) is 0 Å². The van der Waals surface area contributed by atoms with Crippen molar-refractivity contribution in [3.05, 3.63) is 65.5 Å². The maximum Gasteiger partial charge on any atom is 0.234 e. The third kappa shape index (κ3) is 4.68. The molecule has 1 atom stereocenters. The molecule has 0 aliphatic rings. The molecule has 0 saturated heterocycles. The smallest absolute Gasteiger partial charge is 0.234 e. The van der Waals surface area contributed by atoms with Crippen LogP contribution in [-0.2, 0) is 11.3 Å². The molecule has 0 fully saturated rings. The molecule has 0 aliphatic heterocycles. The van der Waals surface area contributed by atoms with Crippen LogP contribution in [0.1, 0.15) is 29.8 Å². The molecule has 0 saturated carbocycles. The molecule has 1 aromatic carbocycles. The van der Waals surface area contributed by atoms with Crippen molar-refractivity contribution in [1.82, 2.24) is 15.6 Å². The van der Waals surface area contributed by atoms with Gasteiger partial charge in [0, 0.05) is 12.2 Å². The fourth-order valence-electron chi connectivity index (χ4n) is 2.18. The number of nitrogens with one attached hydrogen (secondary N) is 2. The van der Waals surface area contributed by atoms with Crippen molar-refractivity contribution in [1.29, 1.82) is 0 Å². The number of carbonyl (C=O) groups is 1. The first-order valence-corrected chi connectivity index (χ1v) is 7.12. The third-order valence-electron chi connectivity index (χ3n) is 3.42. The van der Waals surface area contributed by atoms with Crippen LogP contribution in [0.25, 0.3) is 0 Å². The fraction of sp³-hybridized carbons (Fsp3) is 0.294. The van der Waals surface area contributed by atoms with Crippen molar-refractivity contribution in [3.8, 4) is 0 Å². The number of aryl methyl sites for hydroxylation is 1. The third-order valence-corrected chi connectivity index (χ3v) is 3.42. The maximum atomic E-state index is 11.8. The molecule has 1 amide bonds. The molecule has 4 heteroatoms. The van der Waals surface area contributed by atoms with Gasteiger partial charge in [-0.2, -0.15) is 0 Å². The molecule has 0 spiro atoms. The molecule has 1 heterocycles. The lowest BCUT2D eigenvalue weighted by molar-refractivity contribution is -0.120. The highest BCUT2D eigenvalue weighted by molar-refractivity contribution is 5.77.